The summed E-state index contributed by atoms with van der Waals surface area (Å²) in [4.78, 5) is 34.1. The standard InChI is InChI=1S/C20H17N3O4/c1-2-15(25)16-17(11-6-5-7-12(24)10-11)23(19(27)18(16)26)20-21-13-8-3-4-9-14(13)22-20/h3-10,17,24,26H,2H2,1H3,(H,21,22). The summed E-state index contributed by atoms with van der Waals surface area (Å²) in [7, 11) is 0. The molecule has 2 heterocycles. The Morgan fingerprint density at radius 3 is 2.67 bits per heavy atom. The number of nitrogens with one attached hydrogen (secondary N) is 1. The molecule has 1 amide bonds. The number of fused-ring (bicyclic) bond motifs is 1. The number of imidazole rings is 1. The Morgan fingerprint density at radius 2 is 1.96 bits per heavy atom. The first-order valence-electron chi connectivity index (χ1n) is 8.54. The van der Waals surface area contributed by atoms with Crippen molar-refractivity contribution in [2.45, 2.75) is 19.4 Å². The molecule has 0 spiro atoms. The van der Waals surface area contributed by atoms with Crippen LogP contribution in [0.25, 0.3) is 11.0 Å². The monoisotopic (exact) mass is 363 g/mol. The number of para-hydroxylation sites is 2. The van der Waals surface area contributed by atoms with Crippen LogP contribution in [0.5, 0.6) is 5.75 Å². The number of anilines is 1. The lowest BCUT2D eigenvalue weighted by Gasteiger charge is -2.24. The molecule has 0 bridgehead atoms. The van der Waals surface area contributed by atoms with E-state index in [2.05, 4.69) is 9.97 Å². The fraction of sp³-hybridized carbons (Fsp3) is 0.150. The smallest absolute Gasteiger partial charge is 0.296 e. The van der Waals surface area contributed by atoms with Crippen LogP contribution in [0.3, 0.4) is 0 Å². The minimum atomic E-state index is -0.877. The van der Waals surface area contributed by atoms with E-state index in [0.717, 1.165) is 5.52 Å². The number of aromatic nitrogens is 2. The number of amides is 1. The molecule has 4 rings (SSSR count). The van der Waals surface area contributed by atoms with Crippen LogP contribution in [0.4, 0.5) is 5.95 Å². The summed E-state index contributed by atoms with van der Waals surface area (Å²) in [6, 6.07) is 12.7. The highest BCUT2D eigenvalue weighted by Gasteiger charge is 2.45. The molecule has 0 saturated carbocycles. The predicted molar refractivity (Wildman–Crippen MR) is 99.4 cm³/mol. The number of carbonyl (C=O) groups excluding carboxylic acids is 2. The highest BCUT2D eigenvalue weighted by molar-refractivity contribution is 6.16. The Kier molecular flexibility index (Phi) is 3.92. The zero-order valence-electron chi connectivity index (χ0n) is 14.5. The summed E-state index contributed by atoms with van der Waals surface area (Å²) in [6.07, 6.45) is 0.135. The Bertz CT molecular complexity index is 1070. The number of Topliss-reactive ketones (excluding diaryl/α,β-unsaturated/α-hetero) is 1. The topological polar surface area (TPSA) is 107 Å². The van der Waals surface area contributed by atoms with Crippen molar-refractivity contribution in [2.24, 2.45) is 0 Å². The van der Waals surface area contributed by atoms with E-state index >= 15 is 0 Å². The second-order valence-corrected chi connectivity index (χ2v) is 6.29. The molecule has 136 valence electrons. The number of hydrogen-bond donors (Lipinski definition) is 3. The fourth-order valence-corrected chi connectivity index (χ4v) is 3.36. The molecule has 0 radical (unpaired) electrons. The lowest BCUT2D eigenvalue weighted by atomic mass is 9.95. The number of phenolic OH excluding ortho intramolecular Hbond substituents is 1. The number of aliphatic hydroxyl groups is 1. The number of rotatable bonds is 4. The number of aromatic hydroxyl groups is 1. The van der Waals surface area contributed by atoms with Crippen LogP contribution in [-0.2, 0) is 9.59 Å². The van der Waals surface area contributed by atoms with Crippen molar-refractivity contribution < 1.29 is 19.8 Å². The van der Waals surface area contributed by atoms with Crippen molar-refractivity contribution in [3.8, 4) is 5.75 Å². The molecule has 2 aromatic carbocycles. The van der Waals surface area contributed by atoms with E-state index in [-0.39, 0.29) is 29.5 Å². The van der Waals surface area contributed by atoms with Gasteiger partial charge in [-0.2, -0.15) is 0 Å². The summed E-state index contributed by atoms with van der Waals surface area (Å²) < 4.78 is 0. The molecule has 1 aliphatic rings. The molecule has 0 aliphatic carbocycles. The van der Waals surface area contributed by atoms with Gasteiger partial charge in [-0.1, -0.05) is 31.2 Å². The molecule has 1 aliphatic heterocycles. The molecule has 27 heavy (non-hydrogen) atoms. The van der Waals surface area contributed by atoms with Crippen LogP contribution in [0, 0.1) is 0 Å². The third-order valence-electron chi connectivity index (χ3n) is 4.62. The van der Waals surface area contributed by atoms with E-state index in [0.29, 0.717) is 11.1 Å². The zero-order chi connectivity index (χ0) is 19.1. The number of H-pyrrole nitrogens is 1. The largest absolute Gasteiger partial charge is 0.508 e. The average molecular weight is 363 g/mol. The van der Waals surface area contributed by atoms with E-state index in [1.165, 1.54) is 17.0 Å². The van der Waals surface area contributed by atoms with Crippen molar-refractivity contribution in [1.82, 2.24) is 9.97 Å². The van der Waals surface area contributed by atoms with Crippen LogP contribution in [0.2, 0.25) is 0 Å². The first-order valence-corrected chi connectivity index (χ1v) is 8.54. The summed E-state index contributed by atoms with van der Waals surface area (Å²) in [5.74, 6) is -1.41. The Hall–Kier alpha value is -3.61. The SMILES string of the molecule is CCC(=O)C1=C(O)C(=O)N(c2nc3ccccc3[nH]2)C1c1cccc(O)c1. The van der Waals surface area contributed by atoms with Crippen molar-refractivity contribution in [1.29, 1.82) is 0 Å². The Balaban J connectivity index is 1.91. The quantitative estimate of drug-likeness (QED) is 0.660. The molecule has 3 N–H and O–H groups in total. The van der Waals surface area contributed by atoms with Crippen molar-refractivity contribution in [2.75, 3.05) is 4.90 Å². The molecule has 7 nitrogen and oxygen atoms in total. The average Bonchev–Trinajstić information content (AvgIpc) is 3.20. The van der Waals surface area contributed by atoms with Crippen molar-refractivity contribution in [3.05, 3.63) is 65.4 Å². The Labute approximate surface area is 154 Å². The number of aliphatic hydroxyl groups excluding tert-OH is 1. The van der Waals surface area contributed by atoms with E-state index in [1.54, 1.807) is 25.1 Å². The minimum Gasteiger partial charge on any atom is -0.508 e. The van der Waals surface area contributed by atoms with Gasteiger partial charge in [0.15, 0.2) is 11.5 Å². The zero-order valence-corrected chi connectivity index (χ0v) is 14.5. The van der Waals surface area contributed by atoms with Crippen LogP contribution in [-0.4, -0.2) is 31.9 Å². The van der Waals surface area contributed by atoms with Gasteiger partial charge in [0.25, 0.3) is 5.91 Å². The maximum atomic E-state index is 12.8. The summed E-state index contributed by atoms with van der Waals surface area (Å²) >= 11 is 0. The molecule has 3 aromatic rings. The predicted octanol–water partition coefficient (Wildman–Crippen LogP) is 3.15. The van der Waals surface area contributed by atoms with Crippen molar-refractivity contribution in [3.63, 3.8) is 0 Å². The number of carbonyl (C=O) groups is 2. The second kappa shape index (κ2) is 6.28. The molecule has 0 fully saturated rings. The number of phenols is 1. The van der Waals surface area contributed by atoms with Gasteiger partial charge >= 0.3 is 0 Å². The maximum Gasteiger partial charge on any atom is 0.296 e. The molecule has 7 heteroatoms. The first kappa shape index (κ1) is 16.8. The van der Waals surface area contributed by atoms with Gasteiger partial charge in [0.05, 0.1) is 22.6 Å². The van der Waals surface area contributed by atoms with E-state index in [4.69, 9.17) is 0 Å². The van der Waals surface area contributed by atoms with Crippen LogP contribution in [0.1, 0.15) is 24.9 Å². The van der Waals surface area contributed by atoms with E-state index in [1.807, 2.05) is 18.2 Å². The molecule has 1 atom stereocenters. The van der Waals surface area contributed by atoms with Gasteiger partial charge in [0.2, 0.25) is 5.95 Å². The minimum absolute atomic E-state index is 0.000748. The number of hydrogen-bond acceptors (Lipinski definition) is 5. The van der Waals surface area contributed by atoms with Crippen molar-refractivity contribution >= 4 is 28.7 Å². The first-order chi connectivity index (χ1) is 13.0. The number of benzene rings is 2. The number of aromatic amines is 1. The molecular weight excluding hydrogens is 346 g/mol. The Morgan fingerprint density at radius 1 is 1.19 bits per heavy atom. The van der Waals surface area contributed by atoms with Gasteiger partial charge in [-0.05, 0) is 29.8 Å². The van der Waals surface area contributed by atoms with Crippen LogP contribution in [0.15, 0.2) is 59.9 Å². The van der Waals surface area contributed by atoms with Gasteiger partial charge in [-0.3, -0.25) is 14.5 Å². The lowest BCUT2D eigenvalue weighted by Crippen LogP contribution is -2.31. The number of nitrogens with zero attached hydrogens (tertiary/aromatic N) is 2. The third-order valence-corrected chi connectivity index (χ3v) is 4.62. The summed E-state index contributed by atoms with van der Waals surface area (Å²) in [6.45, 7) is 1.66. The van der Waals surface area contributed by atoms with Gasteiger partial charge in [-0.25, -0.2) is 4.98 Å². The summed E-state index contributed by atoms with van der Waals surface area (Å²) in [5, 5.41) is 20.3. The van der Waals surface area contributed by atoms with Gasteiger partial charge < -0.3 is 15.2 Å². The molecule has 0 saturated heterocycles. The van der Waals surface area contributed by atoms with Crippen LogP contribution >= 0.6 is 0 Å². The normalized spacial score (nSPS) is 17.1. The van der Waals surface area contributed by atoms with E-state index < -0.39 is 17.7 Å². The van der Waals surface area contributed by atoms with Gasteiger partial charge in [0, 0.05) is 6.42 Å². The maximum absolute atomic E-state index is 12.8. The van der Waals surface area contributed by atoms with Gasteiger partial charge in [-0.15, -0.1) is 0 Å². The molecule has 1 unspecified atom stereocenters. The van der Waals surface area contributed by atoms with Crippen LogP contribution < -0.4 is 4.90 Å². The molecule has 1 aromatic heterocycles. The highest BCUT2D eigenvalue weighted by Crippen LogP contribution is 2.41. The number of ketones is 1. The highest BCUT2D eigenvalue weighted by atomic mass is 16.3. The second-order valence-electron chi connectivity index (χ2n) is 6.29. The fourth-order valence-electron chi connectivity index (χ4n) is 3.36. The lowest BCUT2D eigenvalue weighted by molar-refractivity contribution is -0.118. The van der Waals surface area contributed by atoms with Gasteiger partial charge in [0.1, 0.15) is 5.75 Å². The summed E-state index contributed by atoms with van der Waals surface area (Å²) in [5.41, 5.74) is 1.90. The molecular formula is C20H17N3O4. The third kappa shape index (κ3) is 2.64. The van der Waals surface area contributed by atoms with E-state index in [9.17, 15) is 19.8 Å².